The van der Waals surface area contributed by atoms with E-state index in [2.05, 4.69) is 31.7 Å². The van der Waals surface area contributed by atoms with Crippen molar-refractivity contribution < 1.29 is 9.21 Å². The van der Waals surface area contributed by atoms with Crippen LogP contribution in [-0.4, -0.2) is 50.6 Å². The first-order valence-electron chi connectivity index (χ1n) is 10.9. The fourth-order valence-corrected chi connectivity index (χ4v) is 4.69. The maximum atomic E-state index is 13.2. The van der Waals surface area contributed by atoms with E-state index in [1.54, 1.807) is 11.8 Å². The van der Waals surface area contributed by atoms with E-state index in [-0.39, 0.29) is 17.9 Å². The van der Waals surface area contributed by atoms with Crippen molar-refractivity contribution in [2.75, 3.05) is 30.0 Å². The predicted octanol–water partition coefficient (Wildman–Crippen LogP) is 3.70. The van der Waals surface area contributed by atoms with Crippen molar-refractivity contribution >= 4 is 40.4 Å². The number of aromatic nitrogens is 4. The lowest BCUT2D eigenvalue weighted by atomic mass is 9.95. The van der Waals surface area contributed by atoms with E-state index >= 15 is 0 Å². The normalized spacial score (nSPS) is 16.0. The first kappa shape index (κ1) is 20.8. The van der Waals surface area contributed by atoms with Gasteiger partial charge in [0.25, 0.3) is 6.01 Å². The molecule has 9 heteroatoms. The van der Waals surface area contributed by atoms with Crippen LogP contribution in [-0.2, 0) is 4.79 Å². The fourth-order valence-electron chi connectivity index (χ4n) is 4.22. The summed E-state index contributed by atoms with van der Waals surface area (Å²) in [5.74, 6) is 1.77. The summed E-state index contributed by atoms with van der Waals surface area (Å²) in [7, 11) is 0. The van der Waals surface area contributed by atoms with Gasteiger partial charge < -0.3 is 14.6 Å². The molecule has 166 valence electrons. The molecule has 4 aromatic rings. The molecule has 0 spiro atoms. The largest absolute Gasteiger partial charge is 0.423 e. The number of anilines is 1. The molecular formula is C23H26N6O2S. The highest BCUT2D eigenvalue weighted by Gasteiger charge is 2.29. The van der Waals surface area contributed by atoms with Gasteiger partial charge in [0, 0.05) is 25.2 Å². The maximum absolute atomic E-state index is 13.2. The van der Waals surface area contributed by atoms with Gasteiger partial charge in [-0.25, -0.2) is 0 Å². The lowest BCUT2D eigenvalue weighted by Crippen LogP contribution is -2.42. The Bertz CT molecular complexity index is 1180. The number of pyridine rings is 1. The number of carbonyl (C=O) groups excluding carboxylic acids is 1. The van der Waals surface area contributed by atoms with Crippen LogP contribution >= 0.6 is 11.8 Å². The Kier molecular flexibility index (Phi) is 5.98. The monoisotopic (exact) mass is 450 g/mol. The minimum absolute atomic E-state index is 0.0356. The van der Waals surface area contributed by atoms with Crippen LogP contribution < -0.4 is 10.2 Å². The summed E-state index contributed by atoms with van der Waals surface area (Å²) in [6.45, 7) is 1.49. The minimum Gasteiger partial charge on any atom is -0.423 e. The van der Waals surface area contributed by atoms with Crippen LogP contribution in [0.1, 0.15) is 31.1 Å². The van der Waals surface area contributed by atoms with Gasteiger partial charge in [0.05, 0.1) is 6.04 Å². The summed E-state index contributed by atoms with van der Waals surface area (Å²) in [4.78, 5) is 19.9. The zero-order valence-electron chi connectivity index (χ0n) is 18.0. The fraction of sp³-hybridized carbons (Fsp3) is 0.391. The highest BCUT2D eigenvalue weighted by atomic mass is 32.2. The molecule has 1 N–H and O–H groups in total. The molecule has 1 aliphatic rings. The van der Waals surface area contributed by atoms with E-state index in [0.717, 1.165) is 60.7 Å². The van der Waals surface area contributed by atoms with Crippen LogP contribution in [0, 0.1) is 5.92 Å². The van der Waals surface area contributed by atoms with Gasteiger partial charge in [-0.1, -0.05) is 18.2 Å². The molecule has 0 bridgehead atoms. The van der Waals surface area contributed by atoms with Gasteiger partial charge in [0.2, 0.25) is 5.91 Å². The van der Waals surface area contributed by atoms with Crippen molar-refractivity contribution in [1.82, 2.24) is 24.9 Å². The van der Waals surface area contributed by atoms with Crippen LogP contribution in [0.3, 0.4) is 0 Å². The molecule has 0 aliphatic carbocycles. The summed E-state index contributed by atoms with van der Waals surface area (Å²) in [5, 5.41) is 11.9. The SMILES string of the molecule is CSCCC(NC(=O)C1CCN(c2nc3ccccc3o2)CC1)c1nnc2ccccn12. The van der Waals surface area contributed by atoms with Crippen molar-refractivity contribution in [3.8, 4) is 0 Å². The number of fused-ring (bicyclic) bond motifs is 2. The standard InChI is InChI=1S/C23H26N6O2S/c1-32-15-11-18(21-27-26-20-8-4-5-12-29(20)21)24-22(30)16-9-13-28(14-10-16)23-25-17-6-2-3-7-19(17)31-23/h2-8,12,16,18H,9-11,13-15H2,1H3,(H,24,30). The van der Waals surface area contributed by atoms with E-state index in [0.29, 0.717) is 6.01 Å². The number of oxazole rings is 1. The number of thioether (sulfide) groups is 1. The second-order valence-electron chi connectivity index (χ2n) is 8.06. The number of para-hydroxylation sites is 2. The highest BCUT2D eigenvalue weighted by Crippen LogP contribution is 2.27. The molecule has 1 amide bonds. The van der Waals surface area contributed by atoms with Gasteiger partial charge in [-0.2, -0.15) is 16.7 Å². The van der Waals surface area contributed by atoms with Crippen LogP contribution in [0.5, 0.6) is 0 Å². The van der Waals surface area contributed by atoms with E-state index in [1.807, 2.05) is 53.1 Å². The van der Waals surface area contributed by atoms with E-state index in [4.69, 9.17) is 4.42 Å². The van der Waals surface area contributed by atoms with E-state index < -0.39 is 0 Å². The van der Waals surface area contributed by atoms with Crippen molar-refractivity contribution in [3.05, 3.63) is 54.5 Å². The Labute approximate surface area is 190 Å². The molecule has 0 saturated carbocycles. The van der Waals surface area contributed by atoms with Crippen LogP contribution in [0.4, 0.5) is 6.01 Å². The smallest absolute Gasteiger partial charge is 0.298 e. The maximum Gasteiger partial charge on any atom is 0.298 e. The molecule has 1 aliphatic heterocycles. The zero-order chi connectivity index (χ0) is 21.9. The molecule has 1 saturated heterocycles. The van der Waals surface area contributed by atoms with Gasteiger partial charge in [-0.05, 0) is 55.5 Å². The Balaban J connectivity index is 1.25. The number of amides is 1. The summed E-state index contributed by atoms with van der Waals surface area (Å²) < 4.78 is 7.86. The average molecular weight is 451 g/mol. The molecule has 5 rings (SSSR count). The zero-order valence-corrected chi connectivity index (χ0v) is 18.8. The summed E-state index contributed by atoms with van der Waals surface area (Å²) >= 11 is 1.76. The van der Waals surface area contributed by atoms with Crippen molar-refractivity contribution in [1.29, 1.82) is 0 Å². The number of nitrogens with one attached hydrogen (secondary N) is 1. The topological polar surface area (TPSA) is 88.6 Å². The van der Waals surface area contributed by atoms with Gasteiger partial charge in [0.15, 0.2) is 17.1 Å². The number of rotatable bonds is 7. The van der Waals surface area contributed by atoms with Crippen molar-refractivity contribution in [2.45, 2.75) is 25.3 Å². The molecule has 1 atom stereocenters. The number of carbonyl (C=O) groups is 1. The molecule has 4 heterocycles. The Morgan fingerprint density at radius 2 is 2.00 bits per heavy atom. The molecule has 1 aromatic carbocycles. The Hall–Kier alpha value is -3.07. The van der Waals surface area contributed by atoms with Crippen LogP contribution in [0.25, 0.3) is 16.7 Å². The Morgan fingerprint density at radius 1 is 1.19 bits per heavy atom. The predicted molar refractivity (Wildman–Crippen MR) is 126 cm³/mol. The molecule has 1 unspecified atom stereocenters. The van der Waals surface area contributed by atoms with Crippen molar-refractivity contribution in [3.63, 3.8) is 0 Å². The number of hydrogen-bond acceptors (Lipinski definition) is 7. The second-order valence-corrected chi connectivity index (χ2v) is 9.04. The third kappa shape index (κ3) is 4.17. The van der Waals surface area contributed by atoms with Gasteiger partial charge >= 0.3 is 0 Å². The van der Waals surface area contributed by atoms with Crippen molar-refractivity contribution in [2.24, 2.45) is 5.92 Å². The van der Waals surface area contributed by atoms with Gasteiger partial charge in [-0.3, -0.25) is 9.20 Å². The molecule has 32 heavy (non-hydrogen) atoms. The lowest BCUT2D eigenvalue weighted by molar-refractivity contribution is -0.126. The number of hydrogen-bond donors (Lipinski definition) is 1. The first-order valence-corrected chi connectivity index (χ1v) is 12.3. The van der Waals surface area contributed by atoms with Crippen LogP contribution in [0.2, 0.25) is 0 Å². The van der Waals surface area contributed by atoms with Crippen LogP contribution in [0.15, 0.2) is 53.1 Å². The van der Waals surface area contributed by atoms with E-state index in [1.165, 1.54) is 0 Å². The molecule has 3 aromatic heterocycles. The molecular weight excluding hydrogens is 424 g/mol. The third-order valence-electron chi connectivity index (χ3n) is 6.00. The second kappa shape index (κ2) is 9.20. The summed E-state index contributed by atoms with van der Waals surface area (Å²) in [6.07, 6.45) is 6.36. The lowest BCUT2D eigenvalue weighted by Gasteiger charge is -2.31. The van der Waals surface area contributed by atoms with Gasteiger partial charge in [0.1, 0.15) is 5.52 Å². The van der Waals surface area contributed by atoms with E-state index in [9.17, 15) is 4.79 Å². The number of piperidine rings is 1. The molecule has 1 fully saturated rings. The third-order valence-corrected chi connectivity index (χ3v) is 6.64. The van der Waals surface area contributed by atoms with Gasteiger partial charge in [-0.15, -0.1) is 10.2 Å². The summed E-state index contributed by atoms with van der Waals surface area (Å²) in [5.41, 5.74) is 2.44. The summed E-state index contributed by atoms with van der Waals surface area (Å²) in [6, 6.07) is 14.1. The molecule has 0 radical (unpaired) electrons. The highest BCUT2D eigenvalue weighted by molar-refractivity contribution is 7.98. The molecule has 8 nitrogen and oxygen atoms in total. The quantitative estimate of drug-likeness (QED) is 0.459. The average Bonchev–Trinajstić information content (AvgIpc) is 3.46. The first-order chi connectivity index (χ1) is 15.7. The Morgan fingerprint density at radius 3 is 2.81 bits per heavy atom. The minimum atomic E-state index is -0.164. The number of nitrogens with zero attached hydrogens (tertiary/aromatic N) is 5. The number of benzene rings is 1.